The van der Waals surface area contributed by atoms with Crippen LogP contribution in [0.4, 0.5) is 0 Å². The molecule has 0 aromatic carbocycles. The summed E-state index contributed by atoms with van der Waals surface area (Å²) in [5.41, 5.74) is -1.37. The van der Waals surface area contributed by atoms with Crippen molar-refractivity contribution in [3.63, 3.8) is 0 Å². The quantitative estimate of drug-likeness (QED) is 0.484. The number of aromatic nitrogens is 2. The van der Waals surface area contributed by atoms with Crippen molar-refractivity contribution in [2.45, 2.75) is 12.3 Å². The van der Waals surface area contributed by atoms with Gasteiger partial charge in [-0.3, -0.25) is 14.3 Å². The molecular weight excluding hydrogens is 232 g/mol. The SMILES string of the molecule is O=c1ccn([C@@H]2OC(CO)=C(O)C2O)c(=O)[nH]1. The lowest BCUT2D eigenvalue weighted by Gasteiger charge is -2.17. The topological polar surface area (TPSA) is 125 Å². The normalized spacial score (nSPS) is 23.9. The fraction of sp³-hybridized carbons (Fsp3) is 0.333. The lowest BCUT2D eigenvalue weighted by molar-refractivity contribution is -0.0172. The Morgan fingerprint density at radius 3 is 2.71 bits per heavy atom. The molecule has 1 aliphatic rings. The van der Waals surface area contributed by atoms with Gasteiger partial charge in [0.05, 0.1) is 0 Å². The molecule has 4 N–H and O–H groups in total. The molecule has 0 aliphatic carbocycles. The maximum Gasteiger partial charge on any atom is 0.331 e. The molecule has 0 bridgehead atoms. The van der Waals surface area contributed by atoms with Crippen LogP contribution in [-0.4, -0.2) is 37.6 Å². The van der Waals surface area contributed by atoms with Crippen molar-refractivity contribution in [2.24, 2.45) is 0 Å². The van der Waals surface area contributed by atoms with Crippen LogP contribution >= 0.6 is 0 Å². The van der Waals surface area contributed by atoms with E-state index >= 15 is 0 Å². The number of aliphatic hydroxyl groups excluding tert-OH is 3. The molecule has 0 radical (unpaired) electrons. The molecule has 0 fully saturated rings. The summed E-state index contributed by atoms with van der Waals surface area (Å²) >= 11 is 0. The number of nitrogens with one attached hydrogen (secondary N) is 1. The molecule has 1 aromatic heterocycles. The van der Waals surface area contributed by atoms with Crippen LogP contribution in [0, 0.1) is 0 Å². The average Bonchev–Trinajstić information content (AvgIpc) is 2.57. The summed E-state index contributed by atoms with van der Waals surface area (Å²) in [6.07, 6.45) is -1.55. The largest absolute Gasteiger partial charge is 0.506 e. The van der Waals surface area contributed by atoms with Crippen LogP contribution in [0.5, 0.6) is 0 Å². The number of hydrogen-bond donors (Lipinski definition) is 4. The molecule has 8 heteroatoms. The Hall–Kier alpha value is -2.06. The van der Waals surface area contributed by atoms with Crippen LogP contribution in [-0.2, 0) is 4.74 Å². The Kier molecular flexibility index (Phi) is 2.74. The van der Waals surface area contributed by atoms with Gasteiger partial charge in [-0.15, -0.1) is 0 Å². The van der Waals surface area contributed by atoms with Gasteiger partial charge in [-0.05, 0) is 0 Å². The van der Waals surface area contributed by atoms with Gasteiger partial charge in [0.1, 0.15) is 6.61 Å². The zero-order valence-electron chi connectivity index (χ0n) is 8.53. The van der Waals surface area contributed by atoms with Crippen LogP contribution in [0.15, 0.2) is 33.4 Å². The molecule has 2 atom stereocenters. The predicted molar refractivity (Wildman–Crippen MR) is 54.2 cm³/mol. The molecule has 0 spiro atoms. The maximum atomic E-state index is 11.4. The van der Waals surface area contributed by atoms with E-state index in [0.717, 1.165) is 16.8 Å². The van der Waals surface area contributed by atoms with E-state index in [9.17, 15) is 19.8 Å². The summed E-state index contributed by atoms with van der Waals surface area (Å²) in [6, 6.07) is 1.07. The first-order chi connectivity index (χ1) is 8.04. The highest BCUT2D eigenvalue weighted by Crippen LogP contribution is 2.29. The molecule has 1 aromatic rings. The van der Waals surface area contributed by atoms with Crippen LogP contribution < -0.4 is 11.2 Å². The van der Waals surface area contributed by atoms with E-state index in [2.05, 4.69) is 0 Å². The molecular formula is C9H10N2O6. The minimum atomic E-state index is -1.47. The van der Waals surface area contributed by atoms with E-state index in [1.807, 2.05) is 4.98 Å². The second-order valence-electron chi connectivity index (χ2n) is 3.44. The summed E-state index contributed by atoms with van der Waals surface area (Å²) < 4.78 is 5.92. The van der Waals surface area contributed by atoms with Gasteiger partial charge in [0.15, 0.2) is 17.6 Å². The first kappa shape index (κ1) is 11.4. The fourth-order valence-corrected chi connectivity index (χ4v) is 1.53. The van der Waals surface area contributed by atoms with E-state index in [4.69, 9.17) is 9.84 Å². The zero-order chi connectivity index (χ0) is 12.6. The van der Waals surface area contributed by atoms with E-state index in [-0.39, 0.29) is 5.76 Å². The third kappa shape index (κ3) is 1.83. The van der Waals surface area contributed by atoms with E-state index < -0.39 is 35.9 Å². The minimum absolute atomic E-state index is 0.208. The third-order valence-electron chi connectivity index (χ3n) is 2.37. The summed E-state index contributed by atoms with van der Waals surface area (Å²) in [4.78, 5) is 24.3. The summed E-state index contributed by atoms with van der Waals surface area (Å²) in [7, 11) is 0. The highest BCUT2D eigenvalue weighted by atomic mass is 16.5. The Balaban J connectivity index is 2.39. The first-order valence-electron chi connectivity index (χ1n) is 4.73. The smallest absolute Gasteiger partial charge is 0.331 e. The lowest BCUT2D eigenvalue weighted by atomic mass is 10.2. The van der Waals surface area contributed by atoms with Crippen molar-refractivity contribution in [3.05, 3.63) is 44.6 Å². The van der Waals surface area contributed by atoms with Crippen molar-refractivity contribution in [1.82, 2.24) is 9.55 Å². The first-order valence-corrected chi connectivity index (χ1v) is 4.73. The maximum absolute atomic E-state index is 11.4. The molecule has 92 valence electrons. The second kappa shape index (κ2) is 4.07. The third-order valence-corrected chi connectivity index (χ3v) is 2.37. The van der Waals surface area contributed by atoms with Crippen LogP contribution in [0.25, 0.3) is 0 Å². The minimum Gasteiger partial charge on any atom is -0.506 e. The molecule has 1 aliphatic heterocycles. The number of ether oxygens (including phenoxy) is 1. The highest BCUT2D eigenvalue weighted by molar-refractivity contribution is 5.13. The van der Waals surface area contributed by atoms with Crippen molar-refractivity contribution in [2.75, 3.05) is 6.61 Å². The molecule has 0 amide bonds. The molecule has 1 unspecified atom stereocenters. The number of aromatic amines is 1. The highest BCUT2D eigenvalue weighted by Gasteiger charge is 2.37. The van der Waals surface area contributed by atoms with Crippen LogP contribution in [0.3, 0.4) is 0 Å². The summed E-state index contributed by atoms with van der Waals surface area (Å²) in [6.45, 7) is -0.600. The molecule has 0 saturated heterocycles. The standard InChI is InChI=1S/C9H10N2O6/c12-3-4-6(14)7(15)8(17-4)11-2-1-5(13)10-9(11)16/h1-2,7-8,12,14-15H,3H2,(H,10,13,16)/t7?,8-/m1/s1. The van der Waals surface area contributed by atoms with Crippen molar-refractivity contribution in [1.29, 1.82) is 0 Å². The number of aliphatic hydroxyl groups is 3. The van der Waals surface area contributed by atoms with Gasteiger partial charge in [0.25, 0.3) is 5.56 Å². The molecule has 8 nitrogen and oxygen atoms in total. The van der Waals surface area contributed by atoms with Gasteiger partial charge >= 0.3 is 5.69 Å². The Morgan fingerprint density at radius 2 is 2.18 bits per heavy atom. The Labute approximate surface area is 94.0 Å². The predicted octanol–water partition coefficient (Wildman–Crippen LogP) is -1.81. The Bertz CT molecular complexity index is 571. The molecule has 2 heterocycles. The van der Waals surface area contributed by atoms with Gasteiger partial charge in [0, 0.05) is 12.3 Å². The van der Waals surface area contributed by atoms with Crippen LogP contribution in [0.1, 0.15) is 6.23 Å². The van der Waals surface area contributed by atoms with E-state index in [1.54, 1.807) is 0 Å². The second-order valence-corrected chi connectivity index (χ2v) is 3.44. The number of rotatable bonds is 2. The molecule has 2 rings (SSSR count). The average molecular weight is 242 g/mol. The fourth-order valence-electron chi connectivity index (χ4n) is 1.53. The van der Waals surface area contributed by atoms with Crippen LogP contribution in [0.2, 0.25) is 0 Å². The van der Waals surface area contributed by atoms with Gasteiger partial charge < -0.3 is 20.1 Å². The number of hydrogen-bond acceptors (Lipinski definition) is 6. The monoisotopic (exact) mass is 242 g/mol. The van der Waals surface area contributed by atoms with Gasteiger partial charge in [-0.25, -0.2) is 4.79 Å². The van der Waals surface area contributed by atoms with E-state index in [0.29, 0.717) is 0 Å². The Morgan fingerprint density at radius 1 is 1.47 bits per heavy atom. The van der Waals surface area contributed by atoms with Crippen molar-refractivity contribution >= 4 is 0 Å². The molecule has 0 saturated carbocycles. The number of nitrogens with zero attached hydrogens (tertiary/aromatic N) is 1. The van der Waals surface area contributed by atoms with Crippen molar-refractivity contribution < 1.29 is 20.1 Å². The van der Waals surface area contributed by atoms with Gasteiger partial charge in [0.2, 0.25) is 6.23 Å². The number of H-pyrrole nitrogens is 1. The summed E-state index contributed by atoms with van der Waals surface area (Å²) in [5, 5.41) is 27.8. The van der Waals surface area contributed by atoms with Gasteiger partial charge in [-0.1, -0.05) is 0 Å². The molecule has 17 heavy (non-hydrogen) atoms. The summed E-state index contributed by atoms with van der Waals surface area (Å²) in [5.74, 6) is -0.740. The van der Waals surface area contributed by atoms with E-state index in [1.165, 1.54) is 0 Å². The van der Waals surface area contributed by atoms with Gasteiger partial charge in [-0.2, -0.15) is 0 Å². The zero-order valence-corrected chi connectivity index (χ0v) is 8.53. The lowest BCUT2D eigenvalue weighted by Crippen LogP contribution is -2.35. The van der Waals surface area contributed by atoms with Crippen molar-refractivity contribution in [3.8, 4) is 0 Å².